The molecule has 0 amide bonds. The summed E-state index contributed by atoms with van der Waals surface area (Å²) >= 11 is 0. The first-order valence-corrected chi connectivity index (χ1v) is 2.10. The first kappa shape index (κ1) is 4.09. The lowest BCUT2D eigenvalue weighted by Crippen LogP contribution is -2.35. The van der Waals surface area contributed by atoms with Crippen molar-refractivity contribution < 1.29 is 9.47 Å². The summed E-state index contributed by atoms with van der Waals surface area (Å²) in [4.78, 5) is 0. The molecule has 0 atom stereocenters. The molecule has 6 heavy (non-hydrogen) atoms. The number of ether oxygens (including phenoxy) is 2. The molecular formula is C4H8O2. The summed E-state index contributed by atoms with van der Waals surface area (Å²) in [6.07, 6.45) is 0.0833. The third-order valence-corrected chi connectivity index (χ3v) is 0.767. The fraction of sp³-hybridized carbons (Fsp3) is 1.00. The van der Waals surface area contributed by atoms with Gasteiger partial charge in [0.1, 0.15) is 0 Å². The molecule has 0 spiro atoms. The van der Waals surface area contributed by atoms with Crippen molar-refractivity contribution in [1.82, 2.24) is 0 Å². The molecule has 2 heteroatoms. The van der Waals surface area contributed by atoms with E-state index in [1.54, 1.807) is 0 Å². The Hall–Kier alpha value is -0.0800. The summed E-state index contributed by atoms with van der Waals surface area (Å²) in [5.41, 5.74) is 0. The minimum absolute atomic E-state index is 0.0417. The Balaban J connectivity index is 2.11. The Morgan fingerprint density at radius 1 is 1.00 bits per heavy atom. The fourth-order valence-corrected chi connectivity index (χ4v) is 0.550. The number of hydrogen-bond acceptors (Lipinski definition) is 2. The minimum atomic E-state index is 0.0417. The van der Waals surface area contributed by atoms with Crippen molar-refractivity contribution >= 4 is 0 Å². The standard InChI is InChI=1S/C4H8O2/c1-3-5-4(2)6-3/h3-4H,1-2H3. The van der Waals surface area contributed by atoms with Crippen molar-refractivity contribution in [3.05, 3.63) is 0 Å². The second-order valence-electron chi connectivity index (χ2n) is 1.41. The Bertz CT molecular complexity index is 41.5. The molecule has 1 saturated heterocycles. The normalized spacial score (nSPS) is 45.0. The van der Waals surface area contributed by atoms with Crippen molar-refractivity contribution in [2.45, 2.75) is 26.4 Å². The topological polar surface area (TPSA) is 18.5 Å². The summed E-state index contributed by atoms with van der Waals surface area (Å²) < 4.78 is 9.83. The van der Waals surface area contributed by atoms with Gasteiger partial charge in [-0.3, -0.25) is 0 Å². The summed E-state index contributed by atoms with van der Waals surface area (Å²) in [5.74, 6) is 0. The van der Waals surface area contributed by atoms with Gasteiger partial charge < -0.3 is 9.47 Å². The van der Waals surface area contributed by atoms with Gasteiger partial charge in [0.05, 0.1) is 0 Å². The van der Waals surface area contributed by atoms with Crippen LogP contribution < -0.4 is 0 Å². The van der Waals surface area contributed by atoms with Crippen LogP contribution in [0.4, 0.5) is 0 Å². The maximum absolute atomic E-state index is 4.92. The van der Waals surface area contributed by atoms with Crippen molar-refractivity contribution in [1.29, 1.82) is 0 Å². The average Bonchev–Trinajstić information content (AvgIpc) is 1.33. The average molecular weight is 88.1 g/mol. The molecule has 0 aromatic heterocycles. The summed E-state index contributed by atoms with van der Waals surface area (Å²) in [5, 5.41) is 0. The van der Waals surface area contributed by atoms with Gasteiger partial charge >= 0.3 is 0 Å². The molecule has 0 radical (unpaired) electrons. The molecule has 1 aliphatic rings. The zero-order valence-corrected chi connectivity index (χ0v) is 3.97. The molecule has 0 aromatic rings. The van der Waals surface area contributed by atoms with Gasteiger partial charge in [-0.1, -0.05) is 0 Å². The van der Waals surface area contributed by atoms with Gasteiger partial charge in [-0.05, 0) is 13.8 Å². The van der Waals surface area contributed by atoms with E-state index in [-0.39, 0.29) is 12.6 Å². The Labute approximate surface area is 37.1 Å². The van der Waals surface area contributed by atoms with Crippen LogP contribution in [-0.2, 0) is 9.47 Å². The van der Waals surface area contributed by atoms with Gasteiger partial charge in [-0.15, -0.1) is 0 Å². The third-order valence-electron chi connectivity index (χ3n) is 0.767. The Kier molecular flexibility index (Phi) is 0.821. The van der Waals surface area contributed by atoms with Crippen LogP contribution in [0, 0.1) is 0 Å². The molecule has 1 aliphatic heterocycles. The van der Waals surface area contributed by atoms with Crippen LogP contribution in [0.3, 0.4) is 0 Å². The first-order valence-electron chi connectivity index (χ1n) is 2.10. The lowest BCUT2D eigenvalue weighted by atomic mass is 10.6. The summed E-state index contributed by atoms with van der Waals surface area (Å²) in [6, 6.07) is 0. The predicted molar refractivity (Wildman–Crippen MR) is 21.1 cm³/mol. The summed E-state index contributed by atoms with van der Waals surface area (Å²) in [6.45, 7) is 3.75. The van der Waals surface area contributed by atoms with Crippen LogP contribution in [0.1, 0.15) is 13.8 Å². The van der Waals surface area contributed by atoms with E-state index in [4.69, 9.17) is 9.47 Å². The fourth-order valence-electron chi connectivity index (χ4n) is 0.550. The Morgan fingerprint density at radius 3 is 1.33 bits per heavy atom. The van der Waals surface area contributed by atoms with Crippen LogP contribution >= 0.6 is 0 Å². The van der Waals surface area contributed by atoms with Crippen molar-refractivity contribution in [3.8, 4) is 0 Å². The molecule has 0 bridgehead atoms. The van der Waals surface area contributed by atoms with Crippen LogP contribution in [0.25, 0.3) is 0 Å². The van der Waals surface area contributed by atoms with E-state index in [0.29, 0.717) is 0 Å². The molecule has 0 aromatic carbocycles. The van der Waals surface area contributed by atoms with Crippen molar-refractivity contribution in [2.75, 3.05) is 0 Å². The predicted octanol–water partition coefficient (Wildman–Crippen LogP) is 0.725. The molecule has 1 rings (SSSR count). The molecule has 0 N–H and O–H groups in total. The second kappa shape index (κ2) is 1.21. The molecule has 36 valence electrons. The molecule has 1 fully saturated rings. The largest absolute Gasteiger partial charge is 0.324 e. The first-order chi connectivity index (χ1) is 2.79. The molecule has 0 unspecified atom stereocenters. The minimum Gasteiger partial charge on any atom is -0.324 e. The number of hydrogen-bond donors (Lipinski definition) is 0. The van der Waals surface area contributed by atoms with E-state index in [9.17, 15) is 0 Å². The number of rotatable bonds is 0. The van der Waals surface area contributed by atoms with E-state index >= 15 is 0 Å². The lowest BCUT2D eigenvalue weighted by Gasteiger charge is -2.30. The Morgan fingerprint density at radius 2 is 1.33 bits per heavy atom. The molecule has 2 nitrogen and oxygen atoms in total. The van der Waals surface area contributed by atoms with Crippen LogP contribution in [-0.4, -0.2) is 12.6 Å². The highest BCUT2D eigenvalue weighted by molar-refractivity contribution is 4.44. The van der Waals surface area contributed by atoms with Crippen molar-refractivity contribution in [2.24, 2.45) is 0 Å². The zero-order chi connectivity index (χ0) is 4.57. The second-order valence-corrected chi connectivity index (χ2v) is 1.41. The van der Waals surface area contributed by atoms with Gasteiger partial charge in [-0.25, -0.2) is 0 Å². The van der Waals surface area contributed by atoms with E-state index in [0.717, 1.165) is 0 Å². The van der Waals surface area contributed by atoms with E-state index < -0.39 is 0 Å². The van der Waals surface area contributed by atoms with Crippen molar-refractivity contribution in [3.63, 3.8) is 0 Å². The van der Waals surface area contributed by atoms with E-state index in [1.165, 1.54) is 0 Å². The zero-order valence-electron chi connectivity index (χ0n) is 3.97. The highest BCUT2D eigenvalue weighted by Gasteiger charge is 2.20. The quantitative estimate of drug-likeness (QED) is 0.434. The molecule has 0 saturated carbocycles. The van der Waals surface area contributed by atoms with Gasteiger partial charge in [-0.2, -0.15) is 0 Å². The molecule has 0 aliphatic carbocycles. The maximum atomic E-state index is 4.92. The van der Waals surface area contributed by atoms with Gasteiger partial charge in [0.25, 0.3) is 0 Å². The van der Waals surface area contributed by atoms with Gasteiger partial charge in [0, 0.05) is 0 Å². The monoisotopic (exact) mass is 88.1 g/mol. The lowest BCUT2D eigenvalue weighted by molar-refractivity contribution is -0.367. The van der Waals surface area contributed by atoms with Gasteiger partial charge in [0.15, 0.2) is 12.6 Å². The molecule has 1 heterocycles. The molecular weight excluding hydrogens is 80.0 g/mol. The van der Waals surface area contributed by atoms with Gasteiger partial charge in [0.2, 0.25) is 0 Å². The smallest absolute Gasteiger partial charge is 0.161 e. The third kappa shape index (κ3) is 0.533. The van der Waals surface area contributed by atoms with Crippen LogP contribution in [0.5, 0.6) is 0 Å². The summed E-state index contributed by atoms with van der Waals surface area (Å²) in [7, 11) is 0. The van der Waals surface area contributed by atoms with E-state index in [1.807, 2.05) is 13.8 Å². The highest BCUT2D eigenvalue weighted by atomic mass is 16.9. The highest BCUT2D eigenvalue weighted by Crippen LogP contribution is 2.13. The van der Waals surface area contributed by atoms with E-state index in [2.05, 4.69) is 0 Å². The SMILES string of the molecule is CC1OC(C)O1. The maximum Gasteiger partial charge on any atom is 0.161 e. The van der Waals surface area contributed by atoms with Crippen LogP contribution in [0.2, 0.25) is 0 Å². The van der Waals surface area contributed by atoms with Crippen LogP contribution in [0.15, 0.2) is 0 Å².